The minimum absolute atomic E-state index is 0.0352. The highest BCUT2D eigenvalue weighted by molar-refractivity contribution is 6.75. The van der Waals surface area contributed by atoms with E-state index in [1.165, 1.54) is 6.07 Å². The standard InChI is InChI=1S/C18H20BClN2O4/c20-15-5-3-4-14(12-15)19-22(8-10-25-19,9-11-26-19)13-21-18(24)16-6-1-2-7-17(16)23/h1-7,12,23H,8-11,13H2,(H,21,24). The number of para-hydroxylation sites is 1. The molecule has 2 saturated heterocycles. The Kier molecular flexibility index (Phi) is 4.40. The van der Waals surface area contributed by atoms with E-state index in [1.807, 2.05) is 24.3 Å². The molecule has 0 saturated carbocycles. The van der Waals surface area contributed by atoms with Gasteiger partial charge in [-0.15, -0.1) is 0 Å². The van der Waals surface area contributed by atoms with Gasteiger partial charge in [0, 0.05) is 5.02 Å². The molecular formula is C18H20BClN2O4. The fourth-order valence-corrected chi connectivity index (χ4v) is 4.31. The quantitative estimate of drug-likeness (QED) is 0.795. The third-order valence-corrected chi connectivity index (χ3v) is 5.69. The second-order valence-electron chi connectivity index (χ2n) is 6.82. The molecule has 2 aliphatic heterocycles. The number of halogens is 1. The summed E-state index contributed by atoms with van der Waals surface area (Å²) in [5.74, 6) is -0.350. The number of benzene rings is 2. The number of hydrogen-bond donors (Lipinski definition) is 2. The lowest BCUT2D eigenvalue weighted by molar-refractivity contribution is -0.822. The molecule has 0 aliphatic carbocycles. The Morgan fingerprint density at radius 1 is 1.15 bits per heavy atom. The van der Waals surface area contributed by atoms with Crippen LogP contribution in [-0.4, -0.2) is 55.1 Å². The first kappa shape index (κ1) is 17.4. The first-order chi connectivity index (χ1) is 12.6. The van der Waals surface area contributed by atoms with Crippen molar-refractivity contribution in [1.29, 1.82) is 0 Å². The molecule has 0 radical (unpaired) electrons. The van der Waals surface area contributed by atoms with Crippen LogP contribution in [0.5, 0.6) is 5.75 Å². The first-order valence-corrected chi connectivity index (χ1v) is 9.04. The van der Waals surface area contributed by atoms with Crippen molar-refractivity contribution in [1.82, 2.24) is 5.32 Å². The molecule has 0 atom stereocenters. The molecule has 6 nitrogen and oxygen atoms in total. The average Bonchev–Trinajstić information content (AvgIpc) is 3.16. The summed E-state index contributed by atoms with van der Waals surface area (Å²) in [6.45, 7) is 1.19. The van der Waals surface area contributed by atoms with E-state index >= 15 is 0 Å². The summed E-state index contributed by atoms with van der Waals surface area (Å²) < 4.78 is 12.7. The number of nitrogens with zero attached hydrogens (tertiary/aromatic N) is 1. The molecule has 2 fully saturated rings. The summed E-state index contributed by atoms with van der Waals surface area (Å²) in [6.07, 6.45) is 0. The van der Waals surface area contributed by atoms with Gasteiger partial charge in [-0.3, -0.25) is 4.79 Å². The lowest BCUT2D eigenvalue weighted by Gasteiger charge is -2.47. The van der Waals surface area contributed by atoms with Crippen molar-refractivity contribution in [3.8, 4) is 5.75 Å². The van der Waals surface area contributed by atoms with E-state index in [1.54, 1.807) is 18.2 Å². The summed E-state index contributed by atoms with van der Waals surface area (Å²) in [4.78, 5) is 12.5. The van der Waals surface area contributed by atoms with Crippen LogP contribution in [0.25, 0.3) is 0 Å². The normalized spacial score (nSPS) is 27.3. The highest BCUT2D eigenvalue weighted by Gasteiger charge is 2.59. The van der Waals surface area contributed by atoms with E-state index in [4.69, 9.17) is 20.9 Å². The van der Waals surface area contributed by atoms with Crippen LogP contribution in [0.4, 0.5) is 0 Å². The van der Waals surface area contributed by atoms with Crippen LogP contribution in [0.15, 0.2) is 48.5 Å². The van der Waals surface area contributed by atoms with Gasteiger partial charge < -0.3 is 24.1 Å². The number of phenolic OH excluding ortho intramolecular Hbond substituents is 1. The Balaban J connectivity index is 1.60. The van der Waals surface area contributed by atoms with E-state index < -0.39 is 6.69 Å². The Morgan fingerprint density at radius 2 is 1.88 bits per heavy atom. The summed E-state index contributed by atoms with van der Waals surface area (Å²) in [5, 5.41) is 13.5. The van der Waals surface area contributed by atoms with Gasteiger partial charge in [0.2, 0.25) is 0 Å². The van der Waals surface area contributed by atoms with E-state index in [-0.39, 0.29) is 17.2 Å². The van der Waals surface area contributed by atoms with E-state index in [9.17, 15) is 9.90 Å². The van der Waals surface area contributed by atoms with Crippen molar-refractivity contribution in [3.05, 3.63) is 59.1 Å². The summed E-state index contributed by atoms with van der Waals surface area (Å²) in [7, 11) is 0. The number of amides is 1. The van der Waals surface area contributed by atoms with Gasteiger partial charge in [0.25, 0.3) is 5.91 Å². The van der Waals surface area contributed by atoms with Crippen LogP contribution in [-0.2, 0) is 9.31 Å². The molecule has 0 spiro atoms. The van der Waals surface area contributed by atoms with E-state index in [0.717, 1.165) is 18.6 Å². The Morgan fingerprint density at radius 3 is 2.58 bits per heavy atom. The van der Waals surface area contributed by atoms with Gasteiger partial charge in [-0.1, -0.05) is 47.4 Å². The molecule has 4 rings (SSSR count). The highest BCUT2D eigenvalue weighted by Crippen LogP contribution is 2.34. The maximum absolute atomic E-state index is 12.5. The predicted octanol–water partition coefficient (Wildman–Crippen LogP) is 1.46. The summed E-state index contributed by atoms with van der Waals surface area (Å²) >= 11 is 6.18. The second kappa shape index (κ2) is 6.59. The third-order valence-electron chi connectivity index (χ3n) is 5.45. The number of nitrogens with one attached hydrogen (secondary N) is 1. The number of carbonyl (C=O) groups is 1. The van der Waals surface area contributed by atoms with Crippen molar-refractivity contribution in [2.24, 2.45) is 0 Å². The molecule has 0 bridgehead atoms. The van der Waals surface area contributed by atoms with Gasteiger partial charge in [-0.2, -0.15) is 0 Å². The average molecular weight is 375 g/mol. The maximum Gasteiger partial charge on any atom is 0.504 e. The number of carbonyl (C=O) groups excluding carboxylic acids is 1. The number of phenols is 1. The zero-order chi connectivity index (χ0) is 18.2. The molecule has 0 aromatic heterocycles. The minimum atomic E-state index is -1.77. The van der Waals surface area contributed by atoms with Gasteiger partial charge >= 0.3 is 6.69 Å². The zero-order valence-corrected chi connectivity index (χ0v) is 15.0. The smallest absolute Gasteiger partial charge is 0.504 e. The molecule has 2 N–H and O–H groups in total. The lowest BCUT2D eigenvalue weighted by Crippen LogP contribution is -2.71. The van der Waals surface area contributed by atoms with Gasteiger partial charge in [-0.05, 0) is 18.2 Å². The monoisotopic (exact) mass is 374 g/mol. The molecule has 8 heteroatoms. The molecule has 2 heterocycles. The number of quaternary nitrogens is 1. The largest absolute Gasteiger partial charge is 0.507 e. The van der Waals surface area contributed by atoms with Crippen molar-refractivity contribution in [2.45, 2.75) is 0 Å². The fourth-order valence-electron chi connectivity index (χ4n) is 4.12. The minimum Gasteiger partial charge on any atom is -0.507 e. The molecule has 1 amide bonds. The molecular weight excluding hydrogens is 354 g/mol. The molecule has 0 unspecified atom stereocenters. The molecule has 136 valence electrons. The van der Waals surface area contributed by atoms with Gasteiger partial charge in [0.1, 0.15) is 12.4 Å². The number of rotatable bonds is 4. The van der Waals surface area contributed by atoms with Crippen LogP contribution in [0, 0.1) is 0 Å². The molecule has 2 aromatic rings. The van der Waals surface area contributed by atoms with E-state index in [0.29, 0.717) is 29.3 Å². The maximum atomic E-state index is 12.5. The summed E-state index contributed by atoms with van der Waals surface area (Å²) in [6, 6.07) is 14.0. The zero-order valence-electron chi connectivity index (χ0n) is 14.2. The highest BCUT2D eigenvalue weighted by atomic mass is 35.5. The van der Waals surface area contributed by atoms with E-state index in [2.05, 4.69) is 5.32 Å². The number of fused-ring (bicyclic) bond motifs is 1. The predicted molar refractivity (Wildman–Crippen MR) is 99.2 cm³/mol. The molecule has 26 heavy (non-hydrogen) atoms. The first-order valence-electron chi connectivity index (χ1n) is 8.66. The van der Waals surface area contributed by atoms with Crippen molar-refractivity contribution < 1.29 is 23.6 Å². The van der Waals surface area contributed by atoms with Crippen LogP contribution in [0.1, 0.15) is 10.4 Å². The summed E-state index contributed by atoms with van der Waals surface area (Å²) in [5.41, 5.74) is 1.16. The lowest BCUT2D eigenvalue weighted by atomic mass is 9.61. The van der Waals surface area contributed by atoms with Crippen molar-refractivity contribution >= 4 is 29.7 Å². The Bertz CT molecular complexity index is 837. The third kappa shape index (κ3) is 2.68. The van der Waals surface area contributed by atoms with Gasteiger partial charge in [-0.25, -0.2) is 0 Å². The number of hydrogen-bond acceptors (Lipinski definition) is 4. The Hall–Kier alpha value is -2.06. The van der Waals surface area contributed by atoms with Crippen LogP contribution >= 0.6 is 11.6 Å². The topological polar surface area (TPSA) is 67.8 Å². The Labute approximate surface area is 156 Å². The fraction of sp³-hybridized carbons (Fsp3) is 0.278. The number of aromatic hydroxyl groups is 1. The second-order valence-corrected chi connectivity index (χ2v) is 7.25. The SMILES string of the molecule is O=C(NC[N+]12CCO[B-]1(c1cccc(Cl)c1)OCC2)c1ccccc1O. The van der Waals surface area contributed by atoms with Gasteiger partial charge in [0.15, 0.2) is 0 Å². The van der Waals surface area contributed by atoms with Crippen LogP contribution < -0.4 is 10.8 Å². The van der Waals surface area contributed by atoms with Gasteiger partial charge in [0.05, 0.1) is 31.9 Å². The van der Waals surface area contributed by atoms with Crippen LogP contribution in [0.3, 0.4) is 0 Å². The van der Waals surface area contributed by atoms with Crippen molar-refractivity contribution in [3.63, 3.8) is 0 Å². The van der Waals surface area contributed by atoms with Crippen molar-refractivity contribution in [2.75, 3.05) is 33.0 Å². The van der Waals surface area contributed by atoms with Crippen LogP contribution in [0.2, 0.25) is 5.02 Å². The molecule has 2 aromatic carbocycles. The molecule has 2 aliphatic rings.